The summed E-state index contributed by atoms with van der Waals surface area (Å²) in [5, 5.41) is 0. The highest BCUT2D eigenvalue weighted by Gasteiger charge is 2.12. The maximum Gasteiger partial charge on any atom is -0.0134 e. The number of hydrogen-bond acceptors (Lipinski definition) is 0. The number of allylic oxidation sites excluding steroid dienone is 8. The summed E-state index contributed by atoms with van der Waals surface area (Å²) in [6.45, 7) is 15.8. The summed E-state index contributed by atoms with van der Waals surface area (Å²) in [7, 11) is 0. The zero-order chi connectivity index (χ0) is 18.8. The first-order valence-electron chi connectivity index (χ1n) is 10.4. The Kier molecular flexibility index (Phi) is 10.2. The molecule has 0 bridgehead atoms. The molecule has 2 aliphatic carbocycles. The Morgan fingerprint density at radius 1 is 0.960 bits per heavy atom. The van der Waals surface area contributed by atoms with Crippen LogP contribution in [0, 0.1) is 5.92 Å². The summed E-state index contributed by atoms with van der Waals surface area (Å²) in [4.78, 5) is 0. The Labute approximate surface area is 158 Å². The van der Waals surface area contributed by atoms with Gasteiger partial charge in [0, 0.05) is 0 Å². The predicted octanol–water partition coefficient (Wildman–Crippen LogP) is 8.71. The summed E-state index contributed by atoms with van der Waals surface area (Å²) in [5.74, 6) is 0.975. The van der Waals surface area contributed by atoms with E-state index in [1.165, 1.54) is 63.4 Å². The van der Waals surface area contributed by atoms with Crippen molar-refractivity contribution < 1.29 is 0 Å². The van der Waals surface area contributed by atoms with Gasteiger partial charge in [0.1, 0.15) is 0 Å². The van der Waals surface area contributed by atoms with Crippen molar-refractivity contribution in [3.05, 3.63) is 45.6 Å². The molecular weight excluding hydrogens is 300 g/mol. The molecule has 25 heavy (non-hydrogen) atoms. The van der Waals surface area contributed by atoms with Gasteiger partial charge in [-0.25, -0.2) is 0 Å². The van der Waals surface area contributed by atoms with E-state index in [1.54, 1.807) is 27.9 Å². The molecule has 0 unspecified atom stereocenters. The lowest BCUT2D eigenvalue weighted by atomic mass is 9.85. The second-order valence-corrected chi connectivity index (χ2v) is 8.74. The molecule has 0 aliphatic heterocycles. The quantitative estimate of drug-likeness (QED) is 0.450. The van der Waals surface area contributed by atoms with Gasteiger partial charge < -0.3 is 0 Å². The summed E-state index contributed by atoms with van der Waals surface area (Å²) in [6, 6.07) is 0. The van der Waals surface area contributed by atoms with Crippen LogP contribution in [0.4, 0.5) is 0 Å². The Hall–Kier alpha value is -1.04. The molecule has 142 valence electrons. The van der Waals surface area contributed by atoms with Crippen molar-refractivity contribution >= 4 is 0 Å². The Morgan fingerprint density at radius 3 is 2.08 bits per heavy atom. The van der Waals surface area contributed by atoms with E-state index in [9.17, 15) is 0 Å². The van der Waals surface area contributed by atoms with Crippen LogP contribution < -0.4 is 0 Å². The molecule has 0 spiro atoms. The van der Waals surface area contributed by atoms with E-state index in [4.69, 9.17) is 0 Å². The molecule has 0 atom stereocenters. The lowest BCUT2D eigenvalue weighted by molar-refractivity contribution is 0.441. The van der Waals surface area contributed by atoms with Gasteiger partial charge in [-0.2, -0.15) is 0 Å². The van der Waals surface area contributed by atoms with Gasteiger partial charge in [-0.15, -0.1) is 0 Å². The van der Waals surface area contributed by atoms with Crippen molar-refractivity contribution in [2.75, 3.05) is 0 Å². The van der Waals surface area contributed by atoms with Crippen LogP contribution in [-0.2, 0) is 0 Å². The van der Waals surface area contributed by atoms with Crippen LogP contribution in [0.2, 0.25) is 0 Å². The van der Waals surface area contributed by atoms with Crippen molar-refractivity contribution in [1.29, 1.82) is 0 Å². The first-order chi connectivity index (χ1) is 11.8. The topological polar surface area (TPSA) is 0 Å². The number of hydrogen-bond donors (Lipinski definition) is 0. The average molecular weight is 343 g/mol. The van der Waals surface area contributed by atoms with E-state index < -0.39 is 0 Å². The van der Waals surface area contributed by atoms with Crippen LogP contribution in [-0.4, -0.2) is 0 Å². The van der Waals surface area contributed by atoms with Crippen molar-refractivity contribution in [2.24, 2.45) is 5.92 Å². The van der Waals surface area contributed by atoms with Crippen LogP contribution in [0.15, 0.2) is 45.6 Å². The third-order valence-corrected chi connectivity index (χ3v) is 5.78. The molecule has 1 saturated carbocycles. The maximum absolute atomic E-state index is 2.39. The summed E-state index contributed by atoms with van der Waals surface area (Å²) < 4.78 is 0. The minimum Gasteiger partial charge on any atom is -0.0856 e. The van der Waals surface area contributed by atoms with Crippen molar-refractivity contribution in [2.45, 2.75) is 106 Å². The largest absolute Gasteiger partial charge is 0.0856 e. The van der Waals surface area contributed by atoms with Crippen LogP contribution >= 0.6 is 0 Å². The summed E-state index contributed by atoms with van der Waals surface area (Å²) in [6.07, 6.45) is 16.5. The summed E-state index contributed by atoms with van der Waals surface area (Å²) in [5.41, 5.74) is 9.59. The normalized spacial score (nSPS) is 22.4. The fourth-order valence-corrected chi connectivity index (χ4v) is 3.60. The third-order valence-electron chi connectivity index (χ3n) is 5.78. The third kappa shape index (κ3) is 9.28. The lowest BCUT2D eigenvalue weighted by Crippen LogP contribution is -2.04. The predicted molar refractivity (Wildman–Crippen MR) is 115 cm³/mol. The monoisotopic (exact) mass is 342 g/mol. The molecule has 0 nitrogen and oxygen atoms in total. The van der Waals surface area contributed by atoms with Crippen LogP contribution in [0.5, 0.6) is 0 Å². The molecule has 0 saturated heterocycles. The van der Waals surface area contributed by atoms with E-state index in [1.807, 2.05) is 0 Å². The van der Waals surface area contributed by atoms with Crippen LogP contribution in [0.25, 0.3) is 0 Å². The van der Waals surface area contributed by atoms with Gasteiger partial charge in [0.15, 0.2) is 0 Å². The van der Waals surface area contributed by atoms with Gasteiger partial charge in [-0.05, 0) is 105 Å². The van der Waals surface area contributed by atoms with Crippen LogP contribution in [0.3, 0.4) is 0 Å². The molecule has 2 aliphatic rings. The number of rotatable bonds is 3. The van der Waals surface area contributed by atoms with Gasteiger partial charge in [0.05, 0.1) is 0 Å². The highest BCUT2D eigenvalue weighted by molar-refractivity contribution is 5.22. The van der Waals surface area contributed by atoms with Gasteiger partial charge in [-0.1, -0.05) is 52.5 Å². The fraction of sp³-hybridized carbons (Fsp3) is 0.680. The Bertz CT molecular complexity index is 518. The van der Waals surface area contributed by atoms with Crippen molar-refractivity contribution in [1.82, 2.24) is 0 Å². The molecule has 0 aromatic carbocycles. The standard InChI is InChI=1S/C15H24.C10H18/c1-12(2)6-5-7-14(4)15-10-8-13(3)9-11-15;1-8(2)10-6-4-9(3)5-7-10/h6,8H,5,7,9-11H2,1-4H3;9H,4-7H2,1-3H3/b15-14+;. The fourth-order valence-electron chi connectivity index (χ4n) is 3.60. The molecule has 0 heteroatoms. The first-order valence-corrected chi connectivity index (χ1v) is 10.4. The molecule has 0 aromatic heterocycles. The molecule has 2 rings (SSSR count). The van der Waals surface area contributed by atoms with E-state index in [0.29, 0.717) is 0 Å². The van der Waals surface area contributed by atoms with Gasteiger partial charge in [0.25, 0.3) is 0 Å². The maximum atomic E-state index is 2.39. The van der Waals surface area contributed by atoms with E-state index in [2.05, 4.69) is 60.6 Å². The molecule has 0 N–H and O–H groups in total. The molecule has 0 aromatic rings. The van der Waals surface area contributed by atoms with E-state index >= 15 is 0 Å². The zero-order valence-corrected chi connectivity index (χ0v) is 18.1. The molecule has 0 radical (unpaired) electrons. The second kappa shape index (κ2) is 11.6. The minimum absolute atomic E-state index is 0.975. The SMILES string of the molecule is CC(C)=C1CCC(C)CC1.CC(C)=CCC/C(C)=C1\CC=C(C)CC1. The average Bonchev–Trinajstić information content (AvgIpc) is 2.56. The highest BCUT2D eigenvalue weighted by Crippen LogP contribution is 2.29. The zero-order valence-electron chi connectivity index (χ0n) is 18.1. The van der Waals surface area contributed by atoms with Crippen LogP contribution in [0.1, 0.15) is 106 Å². The van der Waals surface area contributed by atoms with Gasteiger partial charge in [-0.3, -0.25) is 0 Å². The van der Waals surface area contributed by atoms with E-state index in [0.717, 1.165) is 5.92 Å². The smallest absolute Gasteiger partial charge is 0.0134 e. The first kappa shape index (κ1) is 22.0. The van der Waals surface area contributed by atoms with Gasteiger partial charge in [0.2, 0.25) is 0 Å². The molecular formula is C25H42. The minimum atomic E-state index is 0.975. The molecule has 0 heterocycles. The van der Waals surface area contributed by atoms with Crippen molar-refractivity contribution in [3.63, 3.8) is 0 Å². The Balaban J connectivity index is 0.000000271. The van der Waals surface area contributed by atoms with Crippen molar-refractivity contribution in [3.8, 4) is 0 Å². The molecule has 1 fully saturated rings. The lowest BCUT2D eigenvalue weighted by Gasteiger charge is -2.21. The molecule has 0 amide bonds. The van der Waals surface area contributed by atoms with Gasteiger partial charge >= 0.3 is 0 Å². The second-order valence-electron chi connectivity index (χ2n) is 8.74. The summed E-state index contributed by atoms with van der Waals surface area (Å²) >= 11 is 0. The van der Waals surface area contributed by atoms with E-state index in [-0.39, 0.29) is 0 Å². The highest BCUT2D eigenvalue weighted by atomic mass is 14.2. The Morgan fingerprint density at radius 2 is 1.60 bits per heavy atom.